The van der Waals surface area contributed by atoms with Crippen molar-refractivity contribution in [2.75, 3.05) is 18.5 Å². The lowest BCUT2D eigenvalue weighted by Gasteiger charge is -2.28. The number of fused-ring (bicyclic) bond motifs is 1. The second kappa shape index (κ2) is 14.4. The Hall–Kier alpha value is -4.82. The first-order valence-electron chi connectivity index (χ1n) is 12.9. The Bertz CT molecular complexity index is 1430. The average molecular weight is 542 g/mol. The van der Waals surface area contributed by atoms with Gasteiger partial charge in [-0.15, -0.1) is 0 Å². The molecule has 0 heterocycles. The smallest absolute Gasteiger partial charge is 0.412 e. The van der Waals surface area contributed by atoms with E-state index in [9.17, 15) is 14.7 Å². The molecule has 0 saturated heterocycles. The maximum atomic E-state index is 13.3. The second-order valence-electron chi connectivity index (χ2n) is 8.91. The summed E-state index contributed by atoms with van der Waals surface area (Å²) in [6.07, 6.45) is 1.11. The summed E-state index contributed by atoms with van der Waals surface area (Å²) in [7, 11) is 0. The number of rotatable bonds is 13. The number of anilines is 1. The highest BCUT2D eigenvalue weighted by atomic mass is 16.6. The molecule has 40 heavy (non-hydrogen) atoms. The molecule has 0 aliphatic rings. The Labute approximate surface area is 232 Å². The third-order valence-electron chi connectivity index (χ3n) is 6.05. The van der Waals surface area contributed by atoms with Crippen molar-refractivity contribution in [1.29, 1.82) is 0 Å². The molecule has 0 aliphatic carbocycles. The summed E-state index contributed by atoms with van der Waals surface area (Å²) in [5, 5.41) is 22.9. The van der Waals surface area contributed by atoms with Gasteiger partial charge in [0.1, 0.15) is 24.2 Å². The van der Waals surface area contributed by atoms with E-state index in [-0.39, 0.29) is 13.2 Å². The molecule has 0 aromatic heterocycles. The summed E-state index contributed by atoms with van der Waals surface area (Å²) < 4.78 is 17.9. The van der Waals surface area contributed by atoms with Crippen LogP contribution in [0.1, 0.15) is 24.5 Å². The molecule has 2 atom stereocenters. The first-order valence-corrected chi connectivity index (χ1v) is 12.9. The van der Waals surface area contributed by atoms with Crippen molar-refractivity contribution < 1.29 is 34.0 Å². The first-order chi connectivity index (χ1) is 19.5. The number of carboxylic acids is 1. The predicted molar refractivity (Wildman–Crippen MR) is 153 cm³/mol. The highest BCUT2D eigenvalue weighted by molar-refractivity contribution is 6.00. The molecular weight excluding hydrogens is 510 g/mol. The highest BCUT2D eigenvalue weighted by Crippen LogP contribution is 2.32. The fraction of sp³-hybridized carbons (Fsp3) is 0.188. The number of hydrogen-bond acceptors (Lipinski definition) is 6. The molecular formula is C32H31NO7. The number of hydrogen-bond donors (Lipinski definition) is 3. The van der Waals surface area contributed by atoms with Crippen LogP contribution in [0.15, 0.2) is 109 Å². The number of ether oxygens (including phenoxy) is 3. The van der Waals surface area contributed by atoms with Crippen LogP contribution in [-0.2, 0) is 9.53 Å². The molecule has 0 saturated carbocycles. The van der Waals surface area contributed by atoms with Crippen molar-refractivity contribution >= 4 is 28.5 Å². The van der Waals surface area contributed by atoms with Gasteiger partial charge in [-0.05, 0) is 54.1 Å². The lowest BCUT2D eigenvalue weighted by atomic mass is 9.99. The summed E-state index contributed by atoms with van der Waals surface area (Å²) in [5.41, 5.74) is 1.22. The zero-order valence-electron chi connectivity index (χ0n) is 21.8. The Kier molecular flexibility index (Phi) is 10.1. The summed E-state index contributed by atoms with van der Waals surface area (Å²) in [4.78, 5) is 24.3. The van der Waals surface area contributed by atoms with Crippen LogP contribution in [-0.4, -0.2) is 41.6 Å². The van der Waals surface area contributed by atoms with Crippen LogP contribution in [0.25, 0.3) is 10.8 Å². The van der Waals surface area contributed by atoms with Gasteiger partial charge in [-0.3, -0.25) is 5.32 Å². The maximum Gasteiger partial charge on any atom is 0.412 e. The molecule has 0 radical (unpaired) electrons. The minimum absolute atomic E-state index is 0.112. The van der Waals surface area contributed by atoms with Gasteiger partial charge < -0.3 is 24.4 Å². The monoisotopic (exact) mass is 541 g/mol. The van der Waals surface area contributed by atoms with Gasteiger partial charge in [-0.1, -0.05) is 72.8 Å². The van der Waals surface area contributed by atoms with Crippen molar-refractivity contribution in [2.45, 2.75) is 25.0 Å². The lowest BCUT2D eigenvalue weighted by Crippen LogP contribution is -2.31. The number of amides is 1. The van der Waals surface area contributed by atoms with Crippen LogP contribution < -0.4 is 14.8 Å². The van der Waals surface area contributed by atoms with E-state index < -0.39 is 24.3 Å². The van der Waals surface area contributed by atoms with E-state index in [1.807, 2.05) is 54.6 Å². The molecule has 0 aliphatic heterocycles. The van der Waals surface area contributed by atoms with Gasteiger partial charge in [-0.25, -0.2) is 9.59 Å². The summed E-state index contributed by atoms with van der Waals surface area (Å²) in [6.45, 7) is -0.0340. The molecule has 1 amide bonds. The minimum atomic E-state index is -1.04. The van der Waals surface area contributed by atoms with Gasteiger partial charge in [-0.2, -0.15) is 0 Å². The van der Waals surface area contributed by atoms with Gasteiger partial charge >= 0.3 is 12.1 Å². The van der Waals surface area contributed by atoms with Crippen LogP contribution >= 0.6 is 0 Å². The third-order valence-corrected chi connectivity index (χ3v) is 6.05. The molecule has 0 unspecified atom stereocenters. The molecule has 0 fully saturated rings. The largest absolute Gasteiger partial charge is 0.491 e. The predicted octanol–water partition coefficient (Wildman–Crippen LogP) is 6.37. The van der Waals surface area contributed by atoms with E-state index in [1.165, 1.54) is 6.08 Å². The first kappa shape index (κ1) is 28.2. The average Bonchev–Trinajstić information content (AvgIpc) is 2.97. The highest BCUT2D eigenvalue weighted by Gasteiger charge is 2.29. The van der Waals surface area contributed by atoms with Crippen LogP contribution in [0, 0.1) is 0 Å². The van der Waals surface area contributed by atoms with Crippen LogP contribution in [0.4, 0.5) is 10.5 Å². The number of carbonyl (C=O) groups excluding carboxylic acids is 1. The molecule has 4 aromatic rings. The Morgan fingerprint density at radius 2 is 1.60 bits per heavy atom. The van der Waals surface area contributed by atoms with Crippen molar-refractivity contribution in [3.05, 3.63) is 115 Å². The number of carbonyl (C=O) groups is 2. The van der Waals surface area contributed by atoms with Crippen molar-refractivity contribution in [2.24, 2.45) is 0 Å². The standard InChI is InChI=1S/C32H31NO7/c34-20-21-38-26-15-8-12-24(22-26)31(29(18-6-7-19-30(35)36)39-25-13-2-1-3-14-25)40-32(37)33-28-17-9-11-23-10-4-5-16-27(23)28/h1-5,7-17,19,22,29,31,34H,6,18,20-21H2,(H,33,37)(H,35,36)/b19-7+/t29-,31-/m0/s1. The van der Waals surface area contributed by atoms with E-state index in [4.69, 9.17) is 19.3 Å². The summed E-state index contributed by atoms with van der Waals surface area (Å²) in [5.74, 6) is 0.0285. The van der Waals surface area contributed by atoms with E-state index in [0.717, 1.165) is 16.8 Å². The van der Waals surface area contributed by atoms with Gasteiger partial charge in [0.25, 0.3) is 0 Å². The summed E-state index contributed by atoms with van der Waals surface area (Å²) >= 11 is 0. The zero-order valence-corrected chi connectivity index (χ0v) is 21.8. The number of aliphatic hydroxyl groups excluding tert-OH is 1. The van der Waals surface area contributed by atoms with Gasteiger partial charge in [0.05, 0.1) is 12.3 Å². The quantitative estimate of drug-likeness (QED) is 0.169. The van der Waals surface area contributed by atoms with E-state index in [0.29, 0.717) is 35.6 Å². The molecule has 4 rings (SSSR count). The molecule has 0 bridgehead atoms. The third kappa shape index (κ3) is 8.09. The number of nitrogens with one attached hydrogen (secondary N) is 1. The van der Waals surface area contributed by atoms with Crippen LogP contribution in [0.2, 0.25) is 0 Å². The van der Waals surface area contributed by atoms with Crippen molar-refractivity contribution in [1.82, 2.24) is 0 Å². The normalized spacial score (nSPS) is 12.5. The number of carboxylic acid groups (broad SMARTS) is 1. The van der Waals surface area contributed by atoms with E-state index >= 15 is 0 Å². The summed E-state index contributed by atoms with van der Waals surface area (Å²) in [6, 6.07) is 29.5. The second-order valence-corrected chi connectivity index (χ2v) is 8.91. The van der Waals surface area contributed by atoms with Crippen LogP contribution in [0.3, 0.4) is 0 Å². The van der Waals surface area contributed by atoms with Crippen molar-refractivity contribution in [3.63, 3.8) is 0 Å². The Morgan fingerprint density at radius 1 is 0.875 bits per heavy atom. The molecule has 206 valence electrons. The molecule has 8 nitrogen and oxygen atoms in total. The number of benzene rings is 4. The minimum Gasteiger partial charge on any atom is -0.491 e. The van der Waals surface area contributed by atoms with Gasteiger partial charge in [0.15, 0.2) is 6.10 Å². The zero-order chi connectivity index (χ0) is 28.2. The van der Waals surface area contributed by atoms with Gasteiger partial charge in [0.2, 0.25) is 0 Å². The molecule has 0 spiro atoms. The van der Waals surface area contributed by atoms with E-state index in [2.05, 4.69) is 5.32 Å². The SMILES string of the molecule is O=C(O)/C=C/CC[C@H](Oc1ccccc1)[C@@H](OC(=O)Nc1cccc2ccccc12)c1cccc(OCCO)c1. The fourth-order valence-electron chi connectivity index (χ4n) is 4.28. The van der Waals surface area contributed by atoms with Gasteiger partial charge in [0, 0.05) is 11.5 Å². The lowest BCUT2D eigenvalue weighted by molar-refractivity contribution is -0.131. The number of aliphatic hydroxyl groups is 1. The number of para-hydroxylation sites is 1. The number of aliphatic carboxylic acids is 1. The number of allylic oxidation sites excluding steroid dienone is 1. The van der Waals surface area contributed by atoms with E-state index in [1.54, 1.807) is 42.5 Å². The molecule has 4 aromatic carbocycles. The fourth-order valence-corrected chi connectivity index (χ4v) is 4.28. The topological polar surface area (TPSA) is 114 Å². The maximum absolute atomic E-state index is 13.3. The molecule has 3 N–H and O–H groups in total. The Balaban J connectivity index is 1.65. The van der Waals surface area contributed by atoms with Crippen molar-refractivity contribution in [3.8, 4) is 11.5 Å². The Morgan fingerprint density at radius 3 is 2.40 bits per heavy atom. The molecule has 8 heteroatoms. The van der Waals surface area contributed by atoms with Crippen LogP contribution in [0.5, 0.6) is 11.5 Å².